The van der Waals surface area contributed by atoms with Gasteiger partial charge in [-0.25, -0.2) is 9.97 Å². The van der Waals surface area contributed by atoms with Crippen LogP contribution in [0.5, 0.6) is 5.75 Å². The van der Waals surface area contributed by atoms with E-state index in [1.165, 1.54) is 6.33 Å². The summed E-state index contributed by atoms with van der Waals surface area (Å²) >= 11 is 0. The van der Waals surface area contributed by atoms with E-state index in [1.807, 2.05) is 36.1 Å². The van der Waals surface area contributed by atoms with Crippen LogP contribution in [0.2, 0.25) is 0 Å². The normalized spacial score (nSPS) is 18.3. The van der Waals surface area contributed by atoms with Crippen LogP contribution in [0.4, 0.5) is 0 Å². The Kier molecular flexibility index (Phi) is 4.28. The van der Waals surface area contributed by atoms with Crippen molar-refractivity contribution in [1.82, 2.24) is 14.9 Å². The average Bonchev–Trinajstić information content (AvgIpc) is 3.05. The molecule has 2 aliphatic heterocycles. The second-order valence-corrected chi connectivity index (χ2v) is 6.77. The minimum absolute atomic E-state index is 0.0664. The maximum absolute atomic E-state index is 12.6. The molecule has 3 heterocycles. The summed E-state index contributed by atoms with van der Waals surface area (Å²) in [5.74, 6) is 1.13. The van der Waals surface area contributed by atoms with Crippen molar-refractivity contribution < 1.29 is 14.4 Å². The third-order valence-corrected chi connectivity index (χ3v) is 4.85. The van der Waals surface area contributed by atoms with Gasteiger partial charge in [0.1, 0.15) is 11.9 Å². The van der Waals surface area contributed by atoms with Gasteiger partial charge in [-0.15, -0.1) is 0 Å². The SMILES string of the molecule is Cc1ccc(C(=O)N2CCC3(CC2)CC(Oc2cncnc2)=NO3)cc1. The lowest BCUT2D eigenvalue weighted by Gasteiger charge is -2.37. The van der Waals surface area contributed by atoms with Crippen molar-refractivity contribution in [3.8, 4) is 5.75 Å². The number of nitrogens with zero attached hydrogens (tertiary/aromatic N) is 4. The molecule has 1 aromatic heterocycles. The predicted octanol–water partition coefficient (Wildman–Crippen LogP) is 2.57. The molecule has 0 saturated carbocycles. The maximum atomic E-state index is 12.6. The summed E-state index contributed by atoms with van der Waals surface area (Å²) in [6, 6.07) is 7.68. The minimum atomic E-state index is -0.380. The Morgan fingerprint density at radius 3 is 2.54 bits per heavy atom. The van der Waals surface area contributed by atoms with Gasteiger partial charge in [0, 0.05) is 31.5 Å². The van der Waals surface area contributed by atoms with E-state index >= 15 is 0 Å². The number of amides is 1. The molecule has 1 fully saturated rings. The van der Waals surface area contributed by atoms with Gasteiger partial charge in [0.2, 0.25) is 5.90 Å². The molecule has 2 aliphatic rings. The summed E-state index contributed by atoms with van der Waals surface area (Å²) in [6.45, 7) is 3.30. The third-order valence-electron chi connectivity index (χ3n) is 4.85. The Labute approximate surface area is 151 Å². The van der Waals surface area contributed by atoms with Gasteiger partial charge >= 0.3 is 0 Å². The van der Waals surface area contributed by atoms with Crippen LogP contribution in [0.15, 0.2) is 48.1 Å². The second kappa shape index (κ2) is 6.74. The van der Waals surface area contributed by atoms with Crippen molar-refractivity contribution in [2.45, 2.75) is 31.8 Å². The molecule has 0 N–H and O–H groups in total. The Balaban J connectivity index is 1.34. The van der Waals surface area contributed by atoms with Crippen LogP contribution in [0.1, 0.15) is 35.2 Å². The summed E-state index contributed by atoms with van der Waals surface area (Å²) < 4.78 is 5.68. The molecule has 0 atom stereocenters. The number of ether oxygens (including phenoxy) is 1. The largest absolute Gasteiger partial charge is 0.436 e. The number of aryl methyl sites for hydroxylation is 1. The fraction of sp³-hybridized carbons (Fsp3) is 0.368. The number of aromatic nitrogens is 2. The molecular formula is C19H20N4O3. The number of rotatable bonds is 2. The highest BCUT2D eigenvalue weighted by molar-refractivity contribution is 5.94. The quantitative estimate of drug-likeness (QED) is 0.830. The highest BCUT2D eigenvalue weighted by atomic mass is 16.7. The number of benzene rings is 1. The van der Waals surface area contributed by atoms with E-state index < -0.39 is 0 Å². The van der Waals surface area contributed by atoms with Gasteiger partial charge < -0.3 is 14.5 Å². The van der Waals surface area contributed by atoms with Gasteiger partial charge in [0.05, 0.1) is 18.8 Å². The van der Waals surface area contributed by atoms with Crippen molar-refractivity contribution in [3.63, 3.8) is 0 Å². The minimum Gasteiger partial charge on any atom is -0.436 e. The van der Waals surface area contributed by atoms with E-state index in [0.717, 1.165) is 24.0 Å². The van der Waals surface area contributed by atoms with Crippen LogP contribution in [0, 0.1) is 6.92 Å². The first-order valence-corrected chi connectivity index (χ1v) is 8.67. The molecule has 0 unspecified atom stereocenters. The van der Waals surface area contributed by atoms with Crippen LogP contribution in [-0.4, -0.2) is 45.4 Å². The highest BCUT2D eigenvalue weighted by Gasteiger charge is 2.44. The summed E-state index contributed by atoms with van der Waals surface area (Å²) in [7, 11) is 0. The zero-order valence-corrected chi connectivity index (χ0v) is 14.6. The lowest BCUT2D eigenvalue weighted by Crippen LogP contribution is -2.47. The number of hydrogen-bond acceptors (Lipinski definition) is 6. The molecule has 0 aliphatic carbocycles. The zero-order chi connectivity index (χ0) is 18.0. The highest BCUT2D eigenvalue weighted by Crippen LogP contribution is 2.35. The van der Waals surface area contributed by atoms with E-state index in [1.54, 1.807) is 12.4 Å². The lowest BCUT2D eigenvalue weighted by molar-refractivity contribution is -0.0568. The Morgan fingerprint density at radius 2 is 1.85 bits per heavy atom. The third kappa shape index (κ3) is 3.37. The standard InChI is InChI=1S/C19H20N4O3/c1-14-2-4-15(5-3-14)18(24)23-8-6-19(7-9-23)10-17(22-26-19)25-16-11-20-13-21-12-16/h2-5,11-13H,6-10H2,1H3. The van der Waals surface area contributed by atoms with Gasteiger partial charge in [0.25, 0.3) is 5.91 Å². The molecule has 7 heteroatoms. The van der Waals surface area contributed by atoms with Crippen molar-refractivity contribution in [3.05, 3.63) is 54.1 Å². The molecule has 1 amide bonds. The van der Waals surface area contributed by atoms with Gasteiger partial charge in [-0.05, 0) is 19.1 Å². The Morgan fingerprint density at radius 1 is 1.15 bits per heavy atom. The molecule has 1 saturated heterocycles. The van der Waals surface area contributed by atoms with Crippen LogP contribution in [0.3, 0.4) is 0 Å². The Bertz CT molecular complexity index is 812. The molecule has 26 heavy (non-hydrogen) atoms. The molecule has 1 spiro atoms. The predicted molar refractivity (Wildman–Crippen MR) is 94.8 cm³/mol. The lowest BCUT2D eigenvalue weighted by atomic mass is 9.88. The number of carbonyl (C=O) groups excluding carboxylic acids is 1. The average molecular weight is 352 g/mol. The van der Waals surface area contributed by atoms with Crippen molar-refractivity contribution in [2.75, 3.05) is 13.1 Å². The van der Waals surface area contributed by atoms with E-state index in [4.69, 9.17) is 9.57 Å². The molecule has 0 bridgehead atoms. The molecule has 134 valence electrons. The van der Waals surface area contributed by atoms with E-state index in [-0.39, 0.29) is 11.5 Å². The van der Waals surface area contributed by atoms with E-state index in [2.05, 4.69) is 15.1 Å². The van der Waals surface area contributed by atoms with Crippen LogP contribution >= 0.6 is 0 Å². The fourth-order valence-electron chi connectivity index (χ4n) is 3.28. The summed E-state index contributed by atoms with van der Waals surface area (Å²) in [6.07, 6.45) is 6.67. The summed E-state index contributed by atoms with van der Waals surface area (Å²) in [5.41, 5.74) is 1.49. The molecular weight excluding hydrogens is 332 g/mol. The molecule has 4 rings (SSSR count). The number of oxime groups is 1. The smallest absolute Gasteiger partial charge is 0.253 e. The summed E-state index contributed by atoms with van der Waals surface area (Å²) in [5, 5.41) is 4.08. The first-order valence-electron chi connectivity index (χ1n) is 8.67. The number of piperidine rings is 1. The first-order chi connectivity index (χ1) is 12.6. The maximum Gasteiger partial charge on any atom is 0.253 e. The molecule has 7 nitrogen and oxygen atoms in total. The van der Waals surface area contributed by atoms with Crippen LogP contribution in [-0.2, 0) is 4.84 Å². The van der Waals surface area contributed by atoms with Crippen molar-refractivity contribution in [1.29, 1.82) is 0 Å². The van der Waals surface area contributed by atoms with Gasteiger partial charge in [0.15, 0.2) is 5.75 Å². The molecule has 2 aromatic rings. The van der Waals surface area contributed by atoms with Crippen LogP contribution in [0.25, 0.3) is 0 Å². The monoisotopic (exact) mass is 352 g/mol. The number of likely N-dealkylation sites (tertiary alicyclic amines) is 1. The number of hydrogen-bond donors (Lipinski definition) is 0. The molecule has 0 radical (unpaired) electrons. The zero-order valence-electron chi connectivity index (χ0n) is 14.6. The van der Waals surface area contributed by atoms with Crippen LogP contribution < -0.4 is 4.74 Å². The van der Waals surface area contributed by atoms with Crippen molar-refractivity contribution >= 4 is 11.8 Å². The van der Waals surface area contributed by atoms with Gasteiger partial charge in [-0.3, -0.25) is 4.79 Å². The fourth-order valence-corrected chi connectivity index (χ4v) is 3.28. The Hall–Kier alpha value is -2.96. The first kappa shape index (κ1) is 16.5. The molecule has 1 aromatic carbocycles. The van der Waals surface area contributed by atoms with Gasteiger partial charge in [-0.1, -0.05) is 22.9 Å². The van der Waals surface area contributed by atoms with Gasteiger partial charge in [-0.2, -0.15) is 0 Å². The van der Waals surface area contributed by atoms with E-state index in [9.17, 15) is 4.79 Å². The summed E-state index contributed by atoms with van der Waals surface area (Å²) in [4.78, 5) is 28.1. The topological polar surface area (TPSA) is 76.9 Å². The number of carbonyl (C=O) groups is 1. The van der Waals surface area contributed by atoms with E-state index in [0.29, 0.717) is 31.2 Å². The van der Waals surface area contributed by atoms with Crippen molar-refractivity contribution in [2.24, 2.45) is 5.16 Å². The second-order valence-electron chi connectivity index (χ2n) is 6.77.